The number of nitrogens with zero attached hydrogens (tertiary/aromatic N) is 2. The number of hydrogen-bond acceptors (Lipinski definition) is 2. The first kappa shape index (κ1) is 20.1. The number of benzene rings is 5. The second kappa shape index (κ2) is 8.09. The van der Waals surface area contributed by atoms with Crippen LogP contribution in [0.2, 0.25) is 0 Å². The molecule has 0 unspecified atom stereocenters. The van der Waals surface area contributed by atoms with E-state index in [2.05, 4.69) is 84.6 Å². The Morgan fingerprint density at radius 2 is 1.48 bits per heavy atom. The standard InChI is InChI=1S/C31H28N2/c1-2-7-24-18-25(20-32)29(33-16-4-3-5-17-33)19-28(24)26-14-12-23-11-10-21-8-6-9-22-13-15-27(26)31(23)30(21)22/h6,8-15,18-19H,2-5,7,16-17H2,1H3. The fraction of sp³-hybridized carbons (Fsp3) is 0.258. The summed E-state index contributed by atoms with van der Waals surface area (Å²) in [4.78, 5) is 2.43. The lowest BCUT2D eigenvalue weighted by molar-refractivity contribution is 0.577. The first-order chi connectivity index (χ1) is 16.3. The summed E-state index contributed by atoms with van der Waals surface area (Å²) < 4.78 is 0. The molecule has 5 aromatic carbocycles. The van der Waals surface area contributed by atoms with Crippen LogP contribution in [0.3, 0.4) is 0 Å². The van der Waals surface area contributed by atoms with E-state index in [9.17, 15) is 5.26 Å². The van der Waals surface area contributed by atoms with Gasteiger partial charge >= 0.3 is 0 Å². The van der Waals surface area contributed by atoms with E-state index in [0.29, 0.717) is 0 Å². The van der Waals surface area contributed by atoms with Crippen LogP contribution in [0.4, 0.5) is 5.69 Å². The molecule has 162 valence electrons. The van der Waals surface area contributed by atoms with Crippen molar-refractivity contribution in [2.45, 2.75) is 39.0 Å². The van der Waals surface area contributed by atoms with Gasteiger partial charge in [-0.05, 0) is 86.8 Å². The highest BCUT2D eigenvalue weighted by atomic mass is 15.1. The predicted octanol–water partition coefficient (Wildman–Crippen LogP) is 8.07. The quantitative estimate of drug-likeness (QED) is 0.271. The minimum atomic E-state index is 0.821. The van der Waals surface area contributed by atoms with Gasteiger partial charge < -0.3 is 4.90 Å². The van der Waals surface area contributed by atoms with E-state index in [4.69, 9.17) is 0 Å². The Labute approximate surface area is 195 Å². The molecule has 1 aliphatic heterocycles. The molecule has 1 heterocycles. The fourth-order valence-corrected chi connectivity index (χ4v) is 5.82. The molecule has 6 rings (SSSR count). The number of piperidine rings is 1. The van der Waals surface area contributed by atoms with Gasteiger partial charge in [0.15, 0.2) is 0 Å². The van der Waals surface area contributed by atoms with E-state index in [0.717, 1.165) is 37.2 Å². The van der Waals surface area contributed by atoms with Gasteiger partial charge in [0.2, 0.25) is 0 Å². The number of aryl methyl sites for hydroxylation is 1. The van der Waals surface area contributed by atoms with Gasteiger partial charge in [0, 0.05) is 13.1 Å². The molecule has 0 aliphatic carbocycles. The molecule has 0 N–H and O–H groups in total. The molecule has 5 aromatic rings. The van der Waals surface area contributed by atoms with Gasteiger partial charge in [-0.15, -0.1) is 0 Å². The van der Waals surface area contributed by atoms with E-state index in [1.807, 2.05) is 0 Å². The zero-order valence-corrected chi connectivity index (χ0v) is 19.2. The van der Waals surface area contributed by atoms with Crippen LogP contribution in [-0.2, 0) is 6.42 Å². The molecule has 2 heteroatoms. The molecule has 1 fully saturated rings. The van der Waals surface area contributed by atoms with Crippen molar-refractivity contribution in [1.29, 1.82) is 5.26 Å². The number of nitriles is 1. The van der Waals surface area contributed by atoms with Crippen molar-refractivity contribution < 1.29 is 0 Å². The molecule has 0 bridgehead atoms. The van der Waals surface area contributed by atoms with Gasteiger partial charge in [0.25, 0.3) is 0 Å². The minimum absolute atomic E-state index is 0.821. The van der Waals surface area contributed by atoms with Crippen LogP contribution in [0.1, 0.15) is 43.7 Å². The third-order valence-electron chi connectivity index (χ3n) is 7.38. The van der Waals surface area contributed by atoms with Gasteiger partial charge in [0.05, 0.1) is 11.3 Å². The van der Waals surface area contributed by atoms with Crippen molar-refractivity contribution in [3.8, 4) is 17.2 Å². The van der Waals surface area contributed by atoms with Gasteiger partial charge in [0.1, 0.15) is 6.07 Å². The summed E-state index contributed by atoms with van der Waals surface area (Å²) in [5, 5.41) is 17.9. The van der Waals surface area contributed by atoms with Crippen LogP contribution in [0.15, 0.2) is 66.7 Å². The topological polar surface area (TPSA) is 27.0 Å². The first-order valence-electron chi connectivity index (χ1n) is 12.3. The van der Waals surface area contributed by atoms with Crippen molar-refractivity contribution in [3.63, 3.8) is 0 Å². The average molecular weight is 429 g/mol. The second-order valence-electron chi connectivity index (χ2n) is 9.41. The van der Waals surface area contributed by atoms with Crippen LogP contribution >= 0.6 is 0 Å². The lowest BCUT2D eigenvalue weighted by Crippen LogP contribution is -2.30. The van der Waals surface area contributed by atoms with E-state index < -0.39 is 0 Å². The largest absolute Gasteiger partial charge is 0.370 e. The molecule has 2 nitrogen and oxygen atoms in total. The smallest absolute Gasteiger partial charge is 0.101 e. The number of hydrogen-bond donors (Lipinski definition) is 0. The first-order valence-corrected chi connectivity index (χ1v) is 12.3. The van der Waals surface area contributed by atoms with Crippen molar-refractivity contribution in [1.82, 2.24) is 0 Å². The summed E-state index contributed by atoms with van der Waals surface area (Å²) in [6.07, 6.45) is 5.73. The Balaban J connectivity index is 1.65. The SMILES string of the molecule is CCCc1cc(C#N)c(N2CCCCC2)cc1-c1ccc2ccc3cccc4ccc1c2c34. The molecule has 0 atom stereocenters. The highest BCUT2D eigenvalue weighted by Gasteiger charge is 2.20. The normalized spacial score (nSPS) is 14.4. The average Bonchev–Trinajstić information content (AvgIpc) is 2.88. The molecule has 1 saturated heterocycles. The summed E-state index contributed by atoms with van der Waals surface area (Å²) >= 11 is 0. The third kappa shape index (κ3) is 3.23. The Morgan fingerprint density at radius 1 is 0.788 bits per heavy atom. The number of rotatable bonds is 4. The molecular weight excluding hydrogens is 400 g/mol. The van der Waals surface area contributed by atoms with Gasteiger partial charge in [-0.1, -0.05) is 67.9 Å². The zero-order chi connectivity index (χ0) is 22.4. The van der Waals surface area contributed by atoms with Gasteiger partial charge in [-0.25, -0.2) is 0 Å². The maximum atomic E-state index is 9.98. The Bertz CT molecular complexity index is 1500. The van der Waals surface area contributed by atoms with Crippen molar-refractivity contribution in [2.24, 2.45) is 0 Å². The maximum absolute atomic E-state index is 9.98. The fourth-order valence-electron chi connectivity index (χ4n) is 5.82. The van der Waals surface area contributed by atoms with E-state index in [1.165, 1.54) is 68.3 Å². The van der Waals surface area contributed by atoms with Crippen LogP contribution in [-0.4, -0.2) is 13.1 Å². The molecule has 33 heavy (non-hydrogen) atoms. The monoisotopic (exact) mass is 428 g/mol. The molecule has 0 radical (unpaired) electrons. The van der Waals surface area contributed by atoms with Gasteiger partial charge in [-0.3, -0.25) is 0 Å². The zero-order valence-electron chi connectivity index (χ0n) is 19.2. The lowest BCUT2D eigenvalue weighted by Gasteiger charge is -2.30. The van der Waals surface area contributed by atoms with Crippen molar-refractivity contribution in [3.05, 3.63) is 77.9 Å². The summed E-state index contributed by atoms with van der Waals surface area (Å²) in [5.74, 6) is 0. The van der Waals surface area contributed by atoms with E-state index >= 15 is 0 Å². The molecule has 0 amide bonds. The summed E-state index contributed by atoms with van der Waals surface area (Å²) in [6, 6.07) is 27.2. The van der Waals surface area contributed by atoms with E-state index in [-0.39, 0.29) is 0 Å². The molecular formula is C31H28N2. The second-order valence-corrected chi connectivity index (χ2v) is 9.41. The highest BCUT2D eigenvalue weighted by Crippen LogP contribution is 2.42. The Morgan fingerprint density at radius 3 is 2.21 bits per heavy atom. The lowest BCUT2D eigenvalue weighted by atomic mass is 9.87. The van der Waals surface area contributed by atoms with Gasteiger partial charge in [-0.2, -0.15) is 5.26 Å². The summed E-state index contributed by atoms with van der Waals surface area (Å²) in [6.45, 7) is 4.30. The minimum Gasteiger partial charge on any atom is -0.370 e. The molecule has 1 aliphatic rings. The molecule has 0 aromatic heterocycles. The summed E-state index contributed by atoms with van der Waals surface area (Å²) in [7, 11) is 0. The number of anilines is 1. The highest BCUT2D eigenvalue weighted by molar-refractivity contribution is 6.25. The van der Waals surface area contributed by atoms with Crippen molar-refractivity contribution in [2.75, 3.05) is 18.0 Å². The maximum Gasteiger partial charge on any atom is 0.101 e. The van der Waals surface area contributed by atoms with E-state index in [1.54, 1.807) is 0 Å². The predicted molar refractivity (Wildman–Crippen MR) is 140 cm³/mol. The summed E-state index contributed by atoms with van der Waals surface area (Å²) in [5.41, 5.74) is 5.78. The van der Waals surface area contributed by atoms with Crippen LogP contribution in [0.5, 0.6) is 0 Å². The van der Waals surface area contributed by atoms with Crippen molar-refractivity contribution >= 4 is 38.0 Å². The Hall–Kier alpha value is -3.57. The third-order valence-corrected chi connectivity index (χ3v) is 7.38. The molecule has 0 spiro atoms. The van der Waals surface area contributed by atoms with Crippen LogP contribution < -0.4 is 4.90 Å². The molecule has 0 saturated carbocycles. The van der Waals surface area contributed by atoms with Crippen LogP contribution in [0.25, 0.3) is 43.4 Å². The van der Waals surface area contributed by atoms with Crippen LogP contribution in [0, 0.1) is 11.3 Å². The Kier molecular flexibility index (Phi) is 4.92.